The number of nitrogens with zero attached hydrogens (tertiary/aromatic N) is 9. The Morgan fingerprint density at radius 3 is 2.60 bits per heavy atom. The van der Waals surface area contributed by atoms with Gasteiger partial charge >= 0.3 is 6.72 Å². The van der Waals surface area contributed by atoms with Gasteiger partial charge in [0, 0.05) is 0 Å². The van der Waals surface area contributed by atoms with Crippen LogP contribution in [-0.4, -0.2) is 115 Å². The predicted molar refractivity (Wildman–Crippen MR) is 141 cm³/mol. The predicted octanol–water partition coefficient (Wildman–Crippen LogP) is -2.25. The third-order valence-electron chi connectivity index (χ3n) is 6.98. The van der Waals surface area contributed by atoms with E-state index in [4.69, 9.17) is 41.8 Å². The molecule has 0 saturated carbocycles. The highest BCUT2D eigenvalue weighted by Gasteiger charge is 2.58. The van der Waals surface area contributed by atoms with Crippen molar-refractivity contribution in [3.05, 3.63) is 16.7 Å². The molecular weight excluding hydrogens is 625 g/mol. The summed E-state index contributed by atoms with van der Waals surface area (Å²) < 4.78 is 54.9. The molecule has 6 heterocycles. The van der Waals surface area contributed by atoms with Crippen molar-refractivity contribution in [3.63, 3.8) is 0 Å². The quantitative estimate of drug-likeness (QED) is 0.110. The van der Waals surface area contributed by atoms with E-state index in [1.54, 1.807) is 0 Å². The SMILES string of the molecule is C[C@]1(F)[C@@H](CO)O[C@@H](n2nnc3c(=O)[nH]c(N)nc32)[C@@H]1OP(O)(=S)OC[C@H]1O[C@@H](n2nnc3c(N)ncnc32)[C@@H](F)[C@@H]1O. The largest absolute Gasteiger partial charge is 0.394 e. The summed E-state index contributed by atoms with van der Waals surface area (Å²) in [6.45, 7) is -4.94. The van der Waals surface area contributed by atoms with E-state index in [0.29, 0.717) is 0 Å². The first-order chi connectivity index (χ1) is 20.3. The average Bonchev–Trinajstić information content (AvgIpc) is 3.68. The van der Waals surface area contributed by atoms with E-state index in [0.717, 1.165) is 22.6 Å². The molecule has 8 N–H and O–H groups in total. The number of hydrogen-bond acceptors (Lipinski definition) is 17. The van der Waals surface area contributed by atoms with Crippen LogP contribution in [-0.2, 0) is 30.3 Å². The molecule has 2 saturated heterocycles. The highest BCUT2D eigenvalue weighted by molar-refractivity contribution is 8.07. The van der Waals surface area contributed by atoms with Crippen molar-refractivity contribution in [2.75, 3.05) is 24.7 Å². The Balaban J connectivity index is 1.21. The van der Waals surface area contributed by atoms with Crippen molar-refractivity contribution in [1.82, 2.24) is 49.9 Å². The molecule has 9 atom stereocenters. The molecule has 232 valence electrons. The maximum Gasteiger partial charge on any atom is 0.325 e. The van der Waals surface area contributed by atoms with Crippen molar-refractivity contribution in [3.8, 4) is 0 Å². The average molecular weight is 649 g/mol. The molecule has 0 aromatic carbocycles. The third kappa shape index (κ3) is 5.01. The zero-order valence-corrected chi connectivity index (χ0v) is 23.4. The van der Waals surface area contributed by atoms with Gasteiger partial charge in [0.05, 0.1) is 13.2 Å². The smallest absolute Gasteiger partial charge is 0.325 e. The van der Waals surface area contributed by atoms with Crippen LogP contribution in [0.2, 0.25) is 0 Å². The van der Waals surface area contributed by atoms with Crippen LogP contribution in [0.15, 0.2) is 11.1 Å². The van der Waals surface area contributed by atoms with Crippen LogP contribution in [0.4, 0.5) is 20.5 Å². The molecule has 4 aromatic heterocycles. The van der Waals surface area contributed by atoms with Crippen LogP contribution in [0, 0.1) is 0 Å². The highest BCUT2D eigenvalue weighted by atomic mass is 32.5. The van der Waals surface area contributed by atoms with E-state index < -0.39 is 74.2 Å². The summed E-state index contributed by atoms with van der Waals surface area (Å²) in [7, 11) is 0. The fourth-order valence-electron chi connectivity index (χ4n) is 4.76. The molecule has 2 fully saturated rings. The van der Waals surface area contributed by atoms with Gasteiger partial charge in [-0.25, -0.2) is 18.7 Å². The van der Waals surface area contributed by atoms with Crippen LogP contribution in [0.1, 0.15) is 19.4 Å². The summed E-state index contributed by atoms with van der Waals surface area (Å²) in [6.07, 6.45) is -10.6. The van der Waals surface area contributed by atoms with E-state index in [2.05, 4.69) is 40.6 Å². The standard InChI is InChI=1S/C19H23F2N12O8PS/c1-19(21)6(2-34)40-17(33-14-9(29-31-33)15(36)27-18(23)26-14)11(19)41-42(37,43)38-3-5-10(35)7(20)16(39-5)32-13-8(28-30-32)12(22)24-4-25-13/h4-7,10-11,16-17,34-35H,2-3H2,1H3,(H,37,43)(H2,22,24,25)(H3,23,26,27,36)/t5-,6-,7+,10-,11+,16-,17-,19+,42?/m1/s1. The maximum absolute atomic E-state index is 16.0. The van der Waals surface area contributed by atoms with Crippen molar-refractivity contribution >= 4 is 52.6 Å². The fraction of sp³-hybridized carbons (Fsp3) is 0.579. The van der Waals surface area contributed by atoms with Gasteiger partial charge in [0.2, 0.25) is 5.95 Å². The van der Waals surface area contributed by atoms with Gasteiger partial charge < -0.3 is 40.6 Å². The molecule has 2 aliphatic rings. The Morgan fingerprint density at radius 1 is 1.19 bits per heavy atom. The van der Waals surface area contributed by atoms with Gasteiger partial charge in [-0.1, -0.05) is 10.4 Å². The summed E-state index contributed by atoms with van der Waals surface area (Å²) in [5.41, 5.74) is 7.74. The minimum Gasteiger partial charge on any atom is -0.394 e. The number of aromatic amines is 1. The van der Waals surface area contributed by atoms with Crippen molar-refractivity contribution in [2.24, 2.45) is 0 Å². The Morgan fingerprint density at radius 2 is 1.88 bits per heavy atom. The second-order valence-electron chi connectivity index (χ2n) is 9.76. The number of fused-ring (bicyclic) bond motifs is 2. The second kappa shape index (κ2) is 10.6. The van der Waals surface area contributed by atoms with Gasteiger partial charge in [-0.3, -0.25) is 14.3 Å². The van der Waals surface area contributed by atoms with Crippen LogP contribution in [0.25, 0.3) is 22.3 Å². The molecule has 0 amide bonds. The van der Waals surface area contributed by atoms with E-state index in [1.165, 1.54) is 0 Å². The number of alkyl halides is 2. The number of H-pyrrole nitrogens is 1. The highest BCUT2D eigenvalue weighted by Crippen LogP contribution is 2.53. The maximum atomic E-state index is 16.0. The van der Waals surface area contributed by atoms with Gasteiger partial charge in [-0.2, -0.15) is 14.3 Å². The van der Waals surface area contributed by atoms with Crippen molar-refractivity contribution in [2.45, 2.75) is 55.6 Å². The summed E-state index contributed by atoms with van der Waals surface area (Å²) >= 11 is 5.08. The lowest BCUT2D eigenvalue weighted by Crippen LogP contribution is -2.43. The fourth-order valence-corrected chi connectivity index (χ4v) is 6.21. The molecule has 2 aliphatic heterocycles. The number of aliphatic hydroxyl groups is 2. The number of nitrogens with one attached hydrogen (secondary N) is 1. The number of rotatable bonds is 8. The minimum atomic E-state index is -4.43. The number of aliphatic hydroxyl groups excluding tert-OH is 2. The molecule has 1 unspecified atom stereocenters. The lowest BCUT2D eigenvalue weighted by atomic mass is 9.97. The number of ether oxygens (including phenoxy) is 2. The number of nitrogens with two attached hydrogens (primary N) is 2. The Hall–Kier alpha value is -3.41. The van der Waals surface area contributed by atoms with Gasteiger partial charge in [-0.15, -0.1) is 10.2 Å². The lowest BCUT2D eigenvalue weighted by molar-refractivity contribution is -0.0615. The van der Waals surface area contributed by atoms with E-state index in [-0.39, 0.29) is 34.1 Å². The molecule has 6 rings (SSSR count). The monoisotopic (exact) mass is 648 g/mol. The van der Waals surface area contributed by atoms with E-state index in [9.17, 15) is 19.9 Å². The van der Waals surface area contributed by atoms with E-state index >= 15 is 8.78 Å². The first-order valence-electron chi connectivity index (χ1n) is 12.3. The minimum absolute atomic E-state index is 0.00866. The number of anilines is 2. The van der Waals surface area contributed by atoms with Crippen LogP contribution in [0.3, 0.4) is 0 Å². The first-order valence-corrected chi connectivity index (χ1v) is 14.9. The molecular formula is C19H23F2N12O8PS. The zero-order valence-electron chi connectivity index (χ0n) is 21.7. The topological polar surface area (TPSA) is 283 Å². The molecule has 0 bridgehead atoms. The lowest BCUT2D eigenvalue weighted by Gasteiger charge is -2.30. The normalized spacial score (nSPS) is 32.6. The summed E-state index contributed by atoms with van der Waals surface area (Å²) in [4.78, 5) is 37.0. The molecule has 24 heteroatoms. The number of nitrogen functional groups attached to an aromatic ring is 2. The van der Waals surface area contributed by atoms with E-state index in [1.807, 2.05) is 0 Å². The van der Waals surface area contributed by atoms with Crippen LogP contribution < -0.4 is 17.0 Å². The summed E-state index contributed by atoms with van der Waals surface area (Å²) in [5.74, 6) is -0.311. The summed E-state index contributed by atoms with van der Waals surface area (Å²) in [5, 5.41) is 35.3. The number of halogens is 2. The third-order valence-corrected chi connectivity index (χ3v) is 8.52. The molecule has 4 aromatic rings. The molecule has 20 nitrogen and oxygen atoms in total. The van der Waals surface area contributed by atoms with Gasteiger partial charge in [0.1, 0.15) is 24.6 Å². The second-order valence-corrected chi connectivity index (χ2v) is 12.6. The van der Waals surface area contributed by atoms with Gasteiger partial charge in [-0.05, 0) is 18.7 Å². The van der Waals surface area contributed by atoms with Crippen molar-refractivity contribution < 1.29 is 42.4 Å². The summed E-state index contributed by atoms with van der Waals surface area (Å²) in [6, 6.07) is 0. The molecule has 0 spiro atoms. The van der Waals surface area contributed by atoms with Crippen molar-refractivity contribution in [1.29, 1.82) is 0 Å². The number of hydrogen-bond donors (Lipinski definition) is 6. The Kier molecular flexibility index (Phi) is 7.34. The zero-order chi connectivity index (χ0) is 30.8. The molecule has 0 aliphatic carbocycles. The van der Waals surface area contributed by atoms with Crippen LogP contribution in [0.5, 0.6) is 0 Å². The Labute approximate surface area is 242 Å². The number of aromatic nitrogens is 10. The van der Waals surface area contributed by atoms with Gasteiger partial charge in [0.25, 0.3) is 5.56 Å². The molecule has 0 radical (unpaired) electrons. The Bertz CT molecular complexity index is 1790. The van der Waals surface area contributed by atoms with Gasteiger partial charge in [0.15, 0.2) is 58.5 Å². The van der Waals surface area contributed by atoms with Crippen LogP contribution >= 0.6 is 6.72 Å². The molecule has 43 heavy (non-hydrogen) atoms. The first kappa shape index (κ1) is 29.7.